The third kappa shape index (κ3) is 2.96. The van der Waals surface area contributed by atoms with Gasteiger partial charge in [-0.1, -0.05) is 12.1 Å². The SMILES string of the molecule is CCN(Cc1cccc(F)c1)C(=O)c1nn(C)cc1N. The number of nitrogen functional groups attached to an aromatic ring is 1. The van der Waals surface area contributed by atoms with E-state index in [1.807, 2.05) is 6.92 Å². The normalized spacial score (nSPS) is 10.6. The van der Waals surface area contributed by atoms with Crippen molar-refractivity contribution in [1.82, 2.24) is 14.7 Å². The minimum Gasteiger partial charge on any atom is -0.396 e. The fourth-order valence-corrected chi connectivity index (χ4v) is 2.01. The Labute approximate surface area is 116 Å². The summed E-state index contributed by atoms with van der Waals surface area (Å²) in [4.78, 5) is 14.0. The highest BCUT2D eigenvalue weighted by Crippen LogP contribution is 2.14. The van der Waals surface area contributed by atoms with Gasteiger partial charge in [-0.3, -0.25) is 9.48 Å². The molecule has 2 aromatic rings. The summed E-state index contributed by atoms with van der Waals surface area (Å²) in [5.41, 5.74) is 7.06. The number of carbonyl (C=O) groups is 1. The van der Waals surface area contributed by atoms with Crippen LogP contribution in [0.5, 0.6) is 0 Å². The van der Waals surface area contributed by atoms with E-state index in [0.29, 0.717) is 18.8 Å². The van der Waals surface area contributed by atoms with Gasteiger partial charge in [0, 0.05) is 26.3 Å². The van der Waals surface area contributed by atoms with Gasteiger partial charge in [0.2, 0.25) is 0 Å². The molecule has 2 N–H and O–H groups in total. The monoisotopic (exact) mass is 276 g/mol. The number of benzene rings is 1. The molecule has 0 atom stereocenters. The maximum Gasteiger partial charge on any atom is 0.276 e. The van der Waals surface area contributed by atoms with Crippen LogP contribution >= 0.6 is 0 Å². The first-order valence-electron chi connectivity index (χ1n) is 6.34. The molecular weight excluding hydrogens is 259 g/mol. The van der Waals surface area contributed by atoms with E-state index in [9.17, 15) is 9.18 Å². The fourth-order valence-electron chi connectivity index (χ4n) is 2.01. The summed E-state index contributed by atoms with van der Waals surface area (Å²) in [5, 5.41) is 4.06. The highest BCUT2D eigenvalue weighted by molar-refractivity contribution is 5.97. The molecule has 0 bridgehead atoms. The molecule has 20 heavy (non-hydrogen) atoms. The first-order valence-corrected chi connectivity index (χ1v) is 6.34. The summed E-state index contributed by atoms with van der Waals surface area (Å²) in [6.07, 6.45) is 1.59. The zero-order chi connectivity index (χ0) is 14.7. The van der Waals surface area contributed by atoms with Gasteiger partial charge in [0.05, 0.1) is 5.69 Å². The summed E-state index contributed by atoms with van der Waals surface area (Å²) in [5.74, 6) is -0.571. The van der Waals surface area contributed by atoms with Crippen molar-refractivity contribution in [2.24, 2.45) is 7.05 Å². The van der Waals surface area contributed by atoms with E-state index in [1.54, 1.807) is 30.3 Å². The third-order valence-electron chi connectivity index (χ3n) is 2.99. The van der Waals surface area contributed by atoms with Crippen LogP contribution in [0.4, 0.5) is 10.1 Å². The lowest BCUT2D eigenvalue weighted by atomic mass is 10.2. The number of aryl methyl sites for hydroxylation is 1. The Morgan fingerprint density at radius 1 is 1.50 bits per heavy atom. The van der Waals surface area contributed by atoms with E-state index >= 15 is 0 Å². The molecule has 0 fully saturated rings. The van der Waals surface area contributed by atoms with Crippen molar-refractivity contribution >= 4 is 11.6 Å². The van der Waals surface area contributed by atoms with Crippen molar-refractivity contribution in [3.05, 3.63) is 47.5 Å². The van der Waals surface area contributed by atoms with E-state index in [4.69, 9.17) is 5.73 Å². The average Bonchev–Trinajstić information content (AvgIpc) is 2.74. The first kappa shape index (κ1) is 14.0. The van der Waals surface area contributed by atoms with Crippen LogP contribution in [0.3, 0.4) is 0 Å². The quantitative estimate of drug-likeness (QED) is 0.926. The van der Waals surface area contributed by atoms with Crippen LogP contribution in [0.25, 0.3) is 0 Å². The second kappa shape index (κ2) is 5.73. The van der Waals surface area contributed by atoms with Crippen molar-refractivity contribution in [2.75, 3.05) is 12.3 Å². The Hall–Kier alpha value is -2.37. The van der Waals surface area contributed by atoms with Gasteiger partial charge in [0.25, 0.3) is 5.91 Å². The van der Waals surface area contributed by atoms with Crippen LogP contribution in [0.15, 0.2) is 30.5 Å². The number of hydrogen-bond donors (Lipinski definition) is 1. The molecule has 0 aliphatic heterocycles. The minimum absolute atomic E-state index is 0.228. The number of rotatable bonds is 4. The molecule has 0 saturated carbocycles. The largest absolute Gasteiger partial charge is 0.396 e. The van der Waals surface area contributed by atoms with Crippen LogP contribution in [0, 0.1) is 5.82 Å². The van der Waals surface area contributed by atoms with Crippen molar-refractivity contribution in [2.45, 2.75) is 13.5 Å². The summed E-state index contributed by atoms with van der Waals surface area (Å²) in [6, 6.07) is 6.19. The Morgan fingerprint density at radius 3 is 2.80 bits per heavy atom. The number of nitrogens with two attached hydrogens (primary N) is 1. The molecule has 1 aromatic heterocycles. The molecule has 106 valence electrons. The standard InChI is InChI=1S/C14H17FN4O/c1-3-19(8-10-5-4-6-11(15)7-10)14(20)13-12(16)9-18(2)17-13/h4-7,9H,3,8,16H2,1-2H3. The Balaban J connectivity index is 2.20. The number of nitrogens with zero attached hydrogens (tertiary/aromatic N) is 3. The van der Waals surface area contributed by atoms with Gasteiger partial charge in [-0.15, -0.1) is 0 Å². The van der Waals surface area contributed by atoms with E-state index in [1.165, 1.54) is 16.8 Å². The molecule has 0 spiro atoms. The molecule has 0 saturated heterocycles. The van der Waals surface area contributed by atoms with Gasteiger partial charge in [0.1, 0.15) is 5.82 Å². The van der Waals surface area contributed by atoms with E-state index in [-0.39, 0.29) is 17.4 Å². The molecule has 1 aromatic carbocycles. The number of amides is 1. The van der Waals surface area contributed by atoms with Gasteiger partial charge < -0.3 is 10.6 Å². The fraction of sp³-hybridized carbons (Fsp3) is 0.286. The number of carbonyl (C=O) groups excluding carboxylic acids is 1. The number of hydrogen-bond acceptors (Lipinski definition) is 3. The molecule has 6 heteroatoms. The summed E-state index contributed by atoms with van der Waals surface area (Å²) in [6.45, 7) is 2.67. The van der Waals surface area contributed by atoms with Crippen molar-refractivity contribution in [3.63, 3.8) is 0 Å². The zero-order valence-electron chi connectivity index (χ0n) is 11.5. The molecule has 1 heterocycles. The first-order chi connectivity index (χ1) is 9.51. The smallest absolute Gasteiger partial charge is 0.276 e. The van der Waals surface area contributed by atoms with Gasteiger partial charge in [-0.25, -0.2) is 4.39 Å². The maximum absolute atomic E-state index is 13.2. The third-order valence-corrected chi connectivity index (χ3v) is 2.99. The van der Waals surface area contributed by atoms with Crippen LogP contribution in [-0.4, -0.2) is 27.1 Å². The Kier molecular flexibility index (Phi) is 4.02. The van der Waals surface area contributed by atoms with E-state index < -0.39 is 0 Å². The van der Waals surface area contributed by atoms with Crippen LogP contribution in [-0.2, 0) is 13.6 Å². The van der Waals surface area contributed by atoms with Crippen molar-refractivity contribution in [1.29, 1.82) is 0 Å². The van der Waals surface area contributed by atoms with Gasteiger partial charge in [0.15, 0.2) is 5.69 Å². The minimum atomic E-state index is -0.316. The lowest BCUT2D eigenvalue weighted by Crippen LogP contribution is -2.31. The molecule has 0 radical (unpaired) electrons. The zero-order valence-corrected chi connectivity index (χ0v) is 11.5. The lowest BCUT2D eigenvalue weighted by Gasteiger charge is -2.20. The predicted octanol–water partition coefficient (Wildman–Crippen LogP) is 1.80. The van der Waals surface area contributed by atoms with Crippen LogP contribution in [0.1, 0.15) is 23.0 Å². The lowest BCUT2D eigenvalue weighted by molar-refractivity contribution is 0.0746. The van der Waals surface area contributed by atoms with Crippen molar-refractivity contribution < 1.29 is 9.18 Å². The van der Waals surface area contributed by atoms with Gasteiger partial charge in [-0.05, 0) is 24.6 Å². The Morgan fingerprint density at radius 2 is 2.25 bits per heavy atom. The van der Waals surface area contributed by atoms with E-state index in [2.05, 4.69) is 5.10 Å². The molecule has 2 rings (SSSR count). The summed E-state index contributed by atoms with van der Waals surface area (Å²) < 4.78 is 14.7. The number of halogens is 1. The van der Waals surface area contributed by atoms with Gasteiger partial charge in [-0.2, -0.15) is 5.10 Å². The highest BCUT2D eigenvalue weighted by atomic mass is 19.1. The molecule has 0 unspecified atom stereocenters. The maximum atomic E-state index is 13.2. The molecular formula is C14H17FN4O. The van der Waals surface area contributed by atoms with Gasteiger partial charge >= 0.3 is 0 Å². The predicted molar refractivity (Wildman–Crippen MR) is 74.4 cm³/mol. The van der Waals surface area contributed by atoms with Crippen LogP contribution in [0.2, 0.25) is 0 Å². The summed E-state index contributed by atoms with van der Waals surface area (Å²) >= 11 is 0. The topological polar surface area (TPSA) is 64.2 Å². The molecule has 0 aliphatic carbocycles. The second-order valence-electron chi connectivity index (χ2n) is 4.56. The number of aromatic nitrogens is 2. The molecule has 5 nitrogen and oxygen atoms in total. The summed E-state index contributed by atoms with van der Waals surface area (Å²) in [7, 11) is 1.70. The van der Waals surface area contributed by atoms with E-state index in [0.717, 1.165) is 5.56 Å². The molecule has 1 amide bonds. The Bertz CT molecular complexity index is 623. The molecule has 0 aliphatic rings. The van der Waals surface area contributed by atoms with Crippen LogP contribution < -0.4 is 5.73 Å². The highest BCUT2D eigenvalue weighted by Gasteiger charge is 2.20. The average molecular weight is 276 g/mol. The second-order valence-corrected chi connectivity index (χ2v) is 4.56. The van der Waals surface area contributed by atoms with Crippen molar-refractivity contribution in [3.8, 4) is 0 Å². The number of anilines is 1.